The molecule has 2 aromatic carbocycles. The molecule has 142 valence electrons. The van der Waals surface area contributed by atoms with Gasteiger partial charge in [0.1, 0.15) is 0 Å². The zero-order valence-corrected chi connectivity index (χ0v) is 15.7. The predicted molar refractivity (Wildman–Crippen MR) is 105 cm³/mol. The summed E-state index contributed by atoms with van der Waals surface area (Å²) in [5, 5.41) is 0. The van der Waals surface area contributed by atoms with Gasteiger partial charge in [0.15, 0.2) is 5.78 Å². The van der Waals surface area contributed by atoms with Gasteiger partial charge in [0.25, 0.3) is 0 Å². The molecule has 27 heavy (non-hydrogen) atoms. The second kappa shape index (κ2) is 10.0. The van der Waals surface area contributed by atoms with Gasteiger partial charge in [0.2, 0.25) is 5.91 Å². The molecule has 1 fully saturated rings. The standard InChI is InChI=1S/C23H27NO3/c25-22(21-11-5-2-6-12-21)13-14-23(26)24-15-7-10-20(16-24)18-27-17-19-8-3-1-4-9-19/h1-6,8-9,11-12,20H,7,10,13-18H2/t20-/m1/s1. The van der Waals surface area contributed by atoms with Gasteiger partial charge >= 0.3 is 0 Å². The van der Waals surface area contributed by atoms with E-state index in [4.69, 9.17) is 4.74 Å². The SMILES string of the molecule is O=C(CCC(=O)N1CCC[C@@H](COCc2ccccc2)C1)c1ccccc1. The van der Waals surface area contributed by atoms with Crippen molar-refractivity contribution in [1.82, 2.24) is 4.90 Å². The Hall–Kier alpha value is -2.46. The average Bonchev–Trinajstić information content (AvgIpc) is 2.73. The molecule has 0 aromatic heterocycles. The minimum Gasteiger partial charge on any atom is -0.376 e. The van der Waals surface area contributed by atoms with Crippen molar-refractivity contribution in [3.8, 4) is 0 Å². The molecular formula is C23H27NO3. The van der Waals surface area contributed by atoms with E-state index in [1.807, 2.05) is 41.3 Å². The number of carbonyl (C=O) groups excluding carboxylic acids is 2. The minimum atomic E-state index is 0.0312. The van der Waals surface area contributed by atoms with Crippen LogP contribution >= 0.6 is 0 Å². The Morgan fingerprint density at radius 2 is 1.67 bits per heavy atom. The van der Waals surface area contributed by atoms with Crippen molar-refractivity contribution in [2.24, 2.45) is 5.92 Å². The summed E-state index contributed by atoms with van der Waals surface area (Å²) in [7, 11) is 0. The first kappa shape index (κ1) is 19.3. The Balaban J connectivity index is 1.40. The fourth-order valence-corrected chi connectivity index (χ4v) is 3.49. The smallest absolute Gasteiger partial charge is 0.223 e. The van der Waals surface area contributed by atoms with E-state index in [0.29, 0.717) is 24.7 Å². The molecule has 0 saturated carbocycles. The maximum absolute atomic E-state index is 12.5. The van der Waals surface area contributed by atoms with Crippen molar-refractivity contribution in [2.75, 3.05) is 19.7 Å². The summed E-state index contributed by atoms with van der Waals surface area (Å²) < 4.78 is 5.85. The molecule has 0 radical (unpaired) electrons. The lowest BCUT2D eigenvalue weighted by molar-refractivity contribution is -0.133. The Labute approximate surface area is 161 Å². The minimum absolute atomic E-state index is 0.0312. The summed E-state index contributed by atoms with van der Waals surface area (Å²) in [6.07, 6.45) is 2.64. The topological polar surface area (TPSA) is 46.6 Å². The number of carbonyl (C=O) groups is 2. The van der Waals surface area contributed by atoms with E-state index in [1.165, 1.54) is 5.56 Å². The van der Waals surface area contributed by atoms with Gasteiger partial charge in [-0.25, -0.2) is 0 Å². The maximum atomic E-state index is 12.5. The van der Waals surface area contributed by atoms with Crippen LogP contribution in [0.2, 0.25) is 0 Å². The summed E-state index contributed by atoms with van der Waals surface area (Å²) in [5.41, 5.74) is 1.84. The fraction of sp³-hybridized carbons (Fsp3) is 0.391. The molecule has 0 unspecified atom stereocenters. The van der Waals surface area contributed by atoms with Gasteiger partial charge < -0.3 is 9.64 Å². The lowest BCUT2D eigenvalue weighted by atomic mass is 9.98. The molecule has 1 saturated heterocycles. The average molecular weight is 365 g/mol. The Morgan fingerprint density at radius 3 is 2.41 bits per heavy atom. The number of benzene rings is 2. The summed E-state index contributed by atoms with van der Waals surface area (Å²) in [6.45, 7) is 2.79. The number of hydrogen-bond acceptors (Lipinski definition) is 3. The Kier molecular flexibility index (Phi) is 7.17. The molecule has 1 amide bonds. The van der Waals surface area contributed by atoms with Crippen LogP contribution in [0.1, 0.15) is 41.6 Å². The van der Waals surface area contributed by atoms with Crippen molar-refractivity contribution in [1.29, 1.82) is 0 Å². The predicted octanol–water partition coefficient (Wildman–Crippen LogP) is 4.10. The van der Waals surface area contributed by atoms with Crippen LogP contribution in [0.3, 0.4) is 0 Å². The highest BCUT2D eigenvalue weighted by molar-refractivity contribution is 5.97. The molecule has 1 atom stereocenters. The second-order valence-electron chi connectivity index (χ2n) is 7.14. The van der Waals surface area contributed by atoms with Gasteiger partial charge in [-0.05, 0) is 24.3 Å². The van der Waals surface area contributed by atoms with Crippen molar-refractivity contribution >= 4 is 11.7 Å². The van der Waals surface area contributed by atoms with Crippen LogP contribution in [0.5, 0.6) is 0 Å². The Bertz CT molecular complexity index is 730. The van der Waals surface area contributed by atoms with Crippen molar-refractivity contribution in [2.45, 2.75) is 32.3 Å². The molecule has 4 nitrogen and oxygen atoms in total. The largest absolute Gasteiger partial charge is 0.376 e. The first-order valence-electron chi connectivity index (χ1n) is 9.70. The van der Waals surface area contributed by atoms with Gasteiger partial charge in [0, 0.05) is 31.5 Å². The lowest BCUT2D eigenvalue weighted by Crippen LogP contribution is -2.41. The van der Waals surface area contributed by atoms with E-state index in [2.05, 4.69) is 12.1 Å². The van der Waals surface area contributed by atoms with Gasteiger partial charge in [0.05, 0.1) is 13.2 Å². The monoisotopic (exact) mass is 365 g/mol. The number of Topliss-reactive ketones (excluding diaryl/α,β-unsaturated/α-hetero) is 1. The number of likely N-dealkylation sites (tertiary alicyclic amines) is 1. The third-order valence-corrected chi connectivity index (χ3v) is 5.00. The van der Waals surface area contributed by atoms with E-state index >= 15 is 0 Å². The van der Waals surface area contributed by atoms with E-state index in [1.54, 1.807) is 12.1 Å². The molecule has 0 spiro atoms. The molecule has 3 rings (SSSR count). The quantitative estimate of drug-likeness (QED) is 0.662. The van der Waals surface area contributed by atoms with Gasteiger partial charge in [-0.1, -0.05) is 60.7 Å². The third-order valence-electron chi connectivity index (χ3n) is 5.00. The number of ether oxygens (including phenoxy) is 1. The van der Waals surface area contributed by atoms with E-state index < -0.39 is 0 Å². The highest BCUT2D eigenvalue weighted by Gasteiger charge is 2.24. The molecular weight excluding hydrogens is 338 g/mol. The Morgan fingerprint density at radius 1 is 0.963 bits per heavy atom. The van der Waals surface area contributed by atoms with Crippen LogP contribution in [-0.4, -0.2) is 36.3 Å². The van der Waals surface area contributed by atoms with E-state index in [9.17, 15) is 9.59 Å². The molecule has 1 aliphatic heterocycles. The molecule has 1 aliphatic rings. The molecule has 4 heteroatoms. The number of ketones is 1. The van der Waals surface area contributed by atoms with Gasteiger partial charge in [-0.3, -0.25) is 9.59 Å². The van der Waals surface area contributed by atoms with Crippen molar-refractivity contribution in [3.63, 3.8) is 0 Å². The summed E-state index contributed by atoms with van der Waals surface area (Å²) in [6, 6.07) is 19.3. The van der Waals surface area contributed by atoms with Crippen LogP contribution in [0, 0.1) is 5.92 Å². The molecule has 0 N–H and O–H groups in total. The van der Waals surface area contributed by atoms with Crippen LogP contribution in [0.15, 0.2) is 60.7 Å². The van der Waals surface area contributed by atoms with Crippen molar-refractivity contribution < 1.29 is 14.3 Å². The zero-order valence-electron chi connectivity index (χ0n) is 15.7. The van der Waals surface area contributed by atoms with Gasteiger partial charge in [-0.2, -0.15) is 0 Å². The lowest BCUT2D eigenvalue weighted by Gasteiger charge is -2.32. The number of amides is 1. The first-order chi connectivity index (χ1) is 13.2. The molecule has 0 bridgehead atoms. The van der Waals surface area contributed by atoms with E-state index in [-0.39, 0.29) is 24.5 Å². The fourth-order valence-electron chi connectivity index (χ4n) is 3.49. The highest BCUT2D eigenvalue weighted by Crippen LogP contribution is 2.19. The highest BCUT2D eigenvalue weighted by atomic mass is 16.5. The number of nitrogens with zero attached hydrogens (tertiary/aromatic N) is 1. The normalized spacial score (nSPS) is 16.9. The first-order valence-corrected chi connectivity index (χ1v) is 9.70. The van der Waals surface area contributed by atoms with Crippen LogP contribution < -0.4 is 0 Å². The van der Waals surface area contributed by atoms with Crippen molar-refractivity contribution in [3.05, 3.63) is 71.8 Å². The second-order valence-corrected chi connectivity index (χ2v) is 7.14. The van der Waals surface area contributed by atoms with E-state index in [0.717, 1.165) is 25.9 Å². The number of piperidine rings is 1. The van der Waals surface area contributed by atoms with Gasteiger partial charge in [-0.15, -0.1) is 0 Å². The summed E-state index contributed by atoms with van der Waals surface area (Å²) in [5.74, 6) is 0.479. The molecule has 2 aromatic rings. The molecule has 0 aliphatic carbocycles. The third kappa shape index (κ3) is 6.04. The number of hydrogen-bond donors (Lipinski definition) is 0. The van der Waals surface area contributed by atoms with Crippen LogP contribution in [-0.2, 0) is 16.1 Å². The zero-order chi connectivity index (χ0) is 18.9. The van der Waals surface area contributed by atoms with Crippen LogP contribution in [0.4, 0.5) is 0 Å². The number of rotatable bonds is 8. The summed E-state index contributed by atoms with van der Waals surface area (Å²) >= 11 is 0. The maximum Gasteiger partial charge on any atom is 0.223 e. The molecule has 1 heterocycles. The van der Waals surface area contributed by atoms with Crippen LogP contribution in [0.25, 0.3) is 0 Å². The summed E-state index contributed by atoms with van der Waals surface area (Å²) in [4.78, 5) is 26.6.